The number of fused-ring (bicyclic) bond motifs is 1. The van der Waals surface area contributed by atoms with E-state index in [4.69, 9.17) is 11.6 Å². The summed E-state index contributed by atoms with van der Waals surface area (Å²) in [5.41, 5.74) is 2.37. The minimum atomic E-state index is -0.204. The van der Waals surface area contributed by atoms with Gasteiger partial charge >= 0.3 is 0 Å². The third kappa shape index (κ3) is 2.14. The molecule has 1 aliphatic carbocycles. The summed E-state index contributed by atoms with van der Waals surface area (Å²) in [7, 11) is 0. The van der Waals surface area contributed by atoms with E-state index in [1.807, 2.05) is 13.0 Å². The number of hydrogen-bond donors (Lipinski definition) is 0. The topological polar surface area (TPSA) is 17.8 Å². The number of halogens is 2. The van der Waals surface area contributed by atoms with Gasteiger partial charge in [-0.3, -0.25) is 0 Å². The maximum atomic E-state index is 13.7. The van der Waals surface area contributed by atoms with Crippen molar-refractivity contribution in [2.75, 3.05) is 0 Å². The predicted octanol–water partition coefficient (Wildman–Crippen LogP) is 4.75. The fourth-order valence-electron chi connectivity index (χ4n) is 2.74. The lowest BCUT2D eigenvalue weighted by Gasteiger charge is -2.18. The zero-order valence-corrected chi connectivity index (χ0v) is 12.2. The van der Waals surface area contributed by atoms with Crippen LogP contribution in [0, 0.1) is 18.7 Å². The van der Waals surface area contributed by atoms with Gasteiger partial charge in [0.2, 0.25) is 0 Å². The van der Waals surface area contributed by atoms with E-state index in [0.717, 1.165) is 11.3 Å². The number of alkyl halides is 1. The van der Waals surface area contributed by atoms with Crippen LogP contribution < -0.4 is 0 Å². The van der Waals surface area contributed by atoms with Gasteiger partial charge in [0.15, 0.2) is 0 Å². The third-order valence-electron chi connectivity index (χ3n) is 4.06. The number of hydrogen-bond acceptors (Lipinski definition) is 1. The van der Waals surface area contributed by atoms with Crippen LogP contribution in [0.3, 0.4) is 0 Å². The lowest BCUT2D eigenvalue weighted by atomic mass is 10.1. The molecular formula is C15H18ClFN2. The molecule has 4 heteroatoms. The Labute approximate surface area is 117 Å². The molecule has 0 N–H and O–H groups in total. The van der Waals surface area contributed by atoms with Gasteiger partial charge in [-0.2, -0.15) is 0 Å². The molecule has 1 saturated carbocycles. The van der Waals surface area contributed by atoms with Gasteiger partial charge in [-0.1, -0.05) is 0 Å². The second kappa shape index (κ2) is 4.48. The zero-order chi connectivity index (χ0) is 13.7. The molecule has 0 saturated heterocycles. The van der Waals surface area contributed by atoms with E-state index < -0.39 is 0 Å². The molecule has 0 bridgehead atoms. The third-order valence-corrected chi connectivity index (χ3v) is 4.26. The van der Waals surface area contributed by atoms with Gasteiger partial charge in [0.05, 0.1) is 16.4 Å². The number of rotatable bonds is 3. The first-order valence-electron chi connectivity index (χ1n) is 6.81. The van der Waals surface area contributed by atoms with Crippen molar-refractivity contribution in [1.29, 1.82) is 0 Å². The normalized spacial score (nSPS) is 18.8. The Kier molecular flexibility index (Phi) is 3.05. The van der Waals surface area contributed by atoms with Crippen molar-refractivity contribution in [2.24, 2.45) is 5.92 Å². The molecule has 1 fully saturated rings. The second-order valence-corrected chi connectivity index (χ2v) is 6.28. The van der Waals surface area contributed by atoms with Gasteiger partial charge in [-0.05, 0) is 51.2 Å². The summed E-state index contributed by atoms with van der Waals surface area (Å²) >= 11 is 6.25. The van der Waals surface area contributed by atoms with E-state index in [1.165, 1.54) is 18.9 Å². The van der Waals surface area contributed by atoms with Crippen molar-refractivity contribution in [2.45, 2.75) is 45.0 Å². The quantitative estimate of drug-likeness (QED) is 0.742. The molecule has 0 aliphatic heterocycles. The Balaban J connectivity index is 2.25. The maximum Gasteiger partial charge on any atom is 0.128 e. The molecule has 2 atom stereocenters. The van der Waals surface area contributed by atoms with Crippen molar-refractivity contribution in [3.05, 3.63) is 29.3 Å². The van der Waals surface area contributed by atoms with Crippen LogP contribution in [-0.4, -0.2) is 9.55 Å². The highest BCUT2D eigenvalue weighted by Gasteiger charge is 2.32. The highest BCUT2D eigenvalue weighted by Crippen LogP contribution is 2.42. The number of nitrogens with zero attached hydrogens (tertiary/aromatic N) is 2. The lowest BCUT2D eigenvalue weighted by molar-refractivity contribution is 0.479. The molecule has 1 heterocycles. The maximum absolute atomic E-state index is 13.7. The highest BCUT2D eigenvalue weighted by atomic mass is 35.5. The lowest BCUT2D eigenvalue weighted by Crippen LogP contribution is -2.11. The van der Waals surface area contributed by atoms with Crippen LogP contribution in [0.2, 0.25) is 0 Å². The van der Waals surface area contributed by atoms with Crippen LogP contribution in [0.5, 0.6) is 0 Å². The molecule has 0 amide bonds. The van der Waals surface area contributed by atoms with Crippen LogP contribution in [0.4, 0.5) is 4.39 Å². The van der Waals surface area contributed by atoms with Gasteiger partial charge in [0.1, 0.15) is 11.6 Å². The Morgan fingerprint density at radius 2 is 2.05 bits per heavy atom. The van der Waals surface area contributed by atoms with Gasteiger partial charge < -0.3 is 4.57 Å². The Morgan fingerprint density at radius 3 is 2.63 bits per heavy atom. The minimum Gasteiger partial charge on any atom is -0.324 e. The van der Waals surface area contributed by atoms with E-state index in [2.05, 4.69) is 16.5 Å². The molecule has 2 nitrogen and oxygen atoms in total. The van der Waals surface area contributed by atoms with E-state index in [9.17, 15) is 4.39 Å². The fraction of sp³-hybridized carbons (Fsp3) is 0.533. The summed E-state index contributed by atoms with van der Waals surface area (Å²) in [6.07, 6.45) is 2.52. The van der Waals surface area contributed by atoms with Crippen molar-refractivity contribution < 1.29 is 4.39 Å². The van der Waals surface area contributed by atoms with E-state index >= 15 is 0 Å². The molecule has 2 unspecified atom stereocenters. The van der Waals surface area contributed by atoms with Gasteiger partial charge in [0.25, 0.3) is 0 Å². The van der Waals surface area contributed by atoms with E-state index in [-0.39, 0.29) is 11.2 Å². The molecule has 1 aliphatic rings. The fourth-order valence-corrected chi connectivity index (χ4v) is 2.89. The summed E-state index contributed by atoms with van der Waals surface area (Å²) in [5.74, 6) is 1.35. The van der Waals surface area contributed by atoms with E-state index in [0.29, 0.717) is 23.0 Å². The van der Waals surface area contributed by atoms with Crippen LogP contribution >= 0.6 is 11.6 Å². The number of imidazole rings is 1. The van der Waals surface area contributed by atoms with Crippen LogP contribution in [0.15, 0.2) is 12.1 Å². The second-order valence-electron chi connectivity index (χ2n) is 5.62. The molecule has 0 spiro atoms. The summed E-state index contributed by atoms with van der Waals surface area (Å²) in [6, 6.07) is 3.79. The number of benzene rings is 1. The summed E-state index contributed by atoms with van der Waals surface area (Å²) < 4.78 is 15.9. The molecule has 102 valence electrons. The number of aromatic nitrogens is 2. The molecule has 1 aromatic carbocycles. The Bertz CT molecular complexity index is 629. The van der Waals surface area contributed by atoms with Crippen LogP contribution in [0.25, 0.3) is 11.0 Å². The zero-order valence-electron chi connectivity index (χ0n) is 11.5. The average Bonchev–Trinajstić information content (AvgIpc) is 3.12. The summed E-state index contributed by atoms with van der Waals surface area (Å²) in [4.78, 5) is 4.54. The molecule has 1 aromatic heterocycles. The first kappa shape index (κ1) is 12.9. The highest BCUT2D eigenvalue weighted by molar-refractivity contribution is 6.20. The van der Waals surface area contributed by atoms with Crippen molar-refractivity contribution >= 4 is 22.6 Å². The standard InChI is InChI=1S/C15H18ClFN2/c1-8-6-14-13(7-12(8)17)18-15(9(2)16)19(14)10(3)11-4-5-11/h6-7,9-11H,4-5H2,1-3H3. The average molecular weight is 281 g/mol. The van der Waals surface area contributed by atoms with Crippen molar-refractivity contribution in [1.82, 2.24) is 9.55 Å². The predicted molar refractivity (Wildman–Crippen MR) is 76.1 cm³/mol. The van der Waals surface area contributed by atoms with E-state index in [1.54, 1.807) is 6.92 Å². The smallest absolute Gasteiger partial charge is 0.128 e. The molecule has 0 radical (unpaired) electrons. The summed E-state index contributed by atoms with van der Waals surface area (Å²) in [5, 5.41) is -0.169. The first-order chi connectivity index (χ1) is 8.99. The first-order valence-corrected chi connectivity index (χ1v) is 7.24. The SMILES string of the molecule is Cc1cc2c(cc1F)nc(C(C)Cl)n2C(C)C1CC1. The molecule has 2 aromatic rings. The molecule has 19 heavy (non-hydrogen) atoms. The van der Waals surface area contributed by atoms with Gasteiger partial charge in [-0.25, -0.2) is 9.37 Å². The van der Waals surface area contributed by atoms with Gasteiger partial charge in [-0.15, -0.1) is 11.6 Å². The Morgan fingerprint density at radius 1 is 1.37 bits per heavy atom. The van der Waals surface area contributed by atoms with Crippen molar-refractivity contribution in [3.63, 3.8) is 0 Å². The molecule has 3 rings (SSSR count). The van der Waals surface area contributed by atoms with Crippen molar-refractivity contribution in [3.8, 4) is 0 Å². The summed E-state index contributed by atoms with van der Waals surface area (Å²) in [6.45, 7) is 5.92. The monoisotopic (exact) mass is 280 g/mol. The Hall–Kier alpha value is -1.09. The van der Waals surface area contributed by atoms with Crippen LogP contribution in [-0.2, 0) is 0 Å². The van der Waals surface area contributed by atoms with Crippen LogP contribution in [0.1, 0.15) is 49.5 Å². The molecular weight excluding hydrogens is 263 g/mol. The largest absolute Gasteiger partial charge is 0.324 e. The number of aryl methyl sites for hydroxylation is 1. The van der Waals surface area contributed by atoms with Gasteiger partial charge in [0, 0.05) is 12.1 Å². The minimum absolute atomic E-state index is 0.169.